The minimum Gasteiger partial charge on any atom is -0.491 e. The third-order valence-corrected chi connectivity index (χ3v) is 2.36. The second-order valence-electron chi connectivity index (χ2n) is 4.11. The van der Waals surface area contributed by atoms with Crippen LogP contribution in [0.2, 0.25) is 0 Å². The van der Waals surface area contributed by atoms with Crippen LogP contribution in [0, 0.1) is 6.92 Å². The smallest absolute Gasteiger partial charge is 0.491 e. The van der Waals surface area contributed by atoms with Gasteiger partial charge in [-0.05, 0) is 19.1 Å². The zero-order valence-corrected chi connectivity index (χ0v) is 14.6. The number of halogens is 6. The van der Waals surface area contributed by atoms with Crippen molar-refractivity contribution in [1.82, 2.24) is 0 Å². The molecule has 1 rings (SSSR count). The number of ether oxygens (including phenoxy) is 2. The van der Waals surface area contributed by atoms with E-state index in [1.54, 1.807) is 0 Å². The Kier molecular flexibility index (Phi) is 8.89. The average molecular weight is 340 g/mol. The Morgan fingerprint density at radius 2 is 1.71 bits per heavy atom. The number of alkyl halides is 3. The Morgan fingerprint density at radius 1 is 1.10 bits per heavy atom. The van der Waals surface area contributed by atoms with Crippen molar-refractivity contribution in [2.24, 2.45) is 0 Å². The Balaban J connectivity index is 0.00000400. The molecule has 0 N–H and O–H groups in total. The molecular formula is C11H12BF6KO2. The fourth-order valence-electron chi connectivity index (χ4n) is 1.51. The van der Waals surface area contributed by atoms with Crippen molar-refractivity contribution in [3.8, 4) is 5.75 Å². The summed E-state index contributed by atoms with van der Waals surface area (Å²) >= 11 is 0. The van der Waals surface area contributed by atoms with Crippen LogP contribution in [0.15, 0.2) is 18.2 Å². The van der Waals surface area contributed by atoms with E-state index >= 15 is 0 Å². The van der Waals surface area contributed by atoms with Gasteiger partial charge in [0.15, 0.2) is 0 Å². The third kappa shape index (κ3) is 8.46. The van der Waals surface area contributed by atoms with E-state index in [9.17, 15) is 26.1 Å². The predicted octanol–water partition coefficient (Wildman–Crippen LogP) is 0.0111. The molecule has 114 valence electrons. The Labute approximate surface area is 160 Å². The summed E-state index contributed by atoms with van der Waals surface area (Å²) in [6.45, 7) is -5.66. The molecule has 0 atom stereocenters. The van der Waals surface area contributed by atoms with Gasteiger partial charge in [0.05, 0.1) is 6.61 Å². The molecule has 0 amide bonds. The van der Waals surface area contributed by atoms with Gasteiger partial charge in [0.2, 0.25) is 0 Å². The summed E-state index contributed by atoms with van der Waals surface area (Å²) in [6.07, 6.45) is -4.41. The molecule has 0 aromatic heterocycles. The molecule has 0 saturated heterocycles. The maximum absolute atomic E-state index is 12.5. The van der Waals surface area contributed by atoms with Crippen LogP contribution < -0.4 is 61.6 Å². The maximum atomic E-state index is 12.5. The molecule has 0 saturated carbocycles. The van der Waals surface area contributed by atoms with Gasteiger partial charge >= 0.3 is 64.5 Å². The van der Waals surface area contributed by atoms with Gasteiger partial charge in [0, 0.05) is 0 Å². The van der Waals surface area contributed by atoms with E-state index in [1.807, 2.05) is 0 Å². The van der Waals surface area contributed by atoms with Crippen LogP contribution in [0.4, 0.5) is 26.1 Å². The summed E-state index contributed by atoms with van der Waals surface area (Å²) in [5.74, 6) is 0.155. The first-order valence-electron chi connectivity index (χ1n) is 5.67. The van der Waals surface area contributed by atoms with Gasteiger partial charge in [-0.25, -0.2) is 0 Å². The number of hydrogen-bond acceptors (Lipinski definition) is 2. The van der Waals surface area contributed by atoms with E-state index < -0.39 is 25.2 Å². The molecule has 0 aliphatic heterocycles. The first kappa shape index (κ1) is 21.3. The molecule has 1 aromatic carbocycles. The van der Waals surface area contributed by atoms with Crippen LogP contribution in [-0.4, -0.2) is 33.0 Å². The summed E-state index contributed by atoms with van der Waals surface area (Å²) in [4.78, 5) is 0. The third-order valence-electron chi connectivity index (χ3n) is 2.36. The van der Waals surface area contributed by atoms with Crippen LogP contribution in [0.3, 0.4) is 0 Å². The molecule has 10 heteroatoms. The zero-order valence-electron chi connectivity index (χ0n) is 11.5. The quantitative estimate of drug-likeness (QED) is 0.413. The molecule has 1 aromatic rings. The Morgan fingerprint density at radius 3 is 2.19 bits per heavy atom. The molecule has 2 nitrogen and oxygen atoms in total. The summed E-state index contributed by atoms with van der Waals surface area (Å²) in [5, 5.41) is 0. The number of aryl methyl sites for hydroxylation is 1. The van der Waals surface area contributed by atoms with E-state index in [-0.39, 0.29) is 75.9 Å². The number of rotatable bonds is 6. The Hall–Kier alpha value is 0.261. The summed E-state index contributed by atoms with van der Waals surface area (Å²) in [7, 11) is 0. The van der Waals surface area contributed by atoms with Crippen molar-refractivity contribution in [2.75, 3.05) is 19.8 Å². The largest absolute Gasteiger partial charge is 1.00 e. The molecule has 0 unspecified atom stereocenters. The second-order valence-corrected chi connectivity index (χ2v) is 4.11. The number of benzene rings is 1. The summed E-state index contributed by atoms with van der Waals surface area (Å²) < 4.78 is 82.2. The van der Waals surface area contributed by atoms with Gasteiger partial charge in [-0.15, -0.1) is 5.46 Å². The van der Waals surface area contributed by atoms with Crippen molar-refractivity contribution in [1.29, 1.82) is 0 Å². The van der Waals surface area contributed by atoms with Gasteiger partial charge in [-0.3, -0.25) is 0 Å². The van der Waals surface area contributed by atoms with Gasteiger partial charge in [-0.1, -0.05) is 11.6 Å². The van der Waals surface area contributed by atoms with Crippen LogP contribution in [0.5, 0.6) is 5.75 Å². The van der Waals surface area contributed by atoms with Crippen LogP contribution in [0.1, 0.15) is 5.56 Å². The molecule has 0 fully saturated rings. The van der Waals surface area contributed by atoms with Crippen LogP contribution in [0.25, 0.3) is 0 Å². The van der Waals surface area contributed by atoms with Gasteiger partial charge in [0.25, 0.3) is 0 Å². The van der Waals surface area contributed by atoms with Crippen molar-refractivity contribution in [3.63, 3.8) is 0 Å². The van der Waals surface area contributed by atoms with E-state index in [1.165, 1.54) is 13.0 Å². The molecule has 0 aliphatic carbocycles. The minimum absolute atomic E-state index is 0. The Bertz CT molecular complexity index is 449. The average Bonchev–Trinajstić information content (AvgIpc) is 2.25. The molecule has 0 spiro atoms. The molecule has 21 heavy (non-hydrogen) atoms. The SMILES string of the molecule is Cc1cc(OCCOCC(F)(F)F)ccc1[B-](F)(F)F.[K+]. The van der Waals surface area contributed by atoms with Crippen molar-refractivity contribution in [2.45, 2.75) is 13.1 Å². The van der Waals surface area contributed by atoms with E-state index in [4.69, 9.17) is 4.74 Å². The molecule has 0 radical (unpaired) electrons. The standard InChI is InChI=1S/C11H12BF6O2.K/c1-8-6-9(2-3-10(8)12(16,17)18)20-5-4-19-7-11(13,14)15;/h2-3,6H,4-5,7H2,1H3;/q-1;+1. The van der Waals surface area contributed by atoms with E-state index in [0.717, 1.165) is 12.1 Å². The maximum Gasteiger partial charge on any atom is 1.00 e. The number of hydrogen-bond donors (Lipinski definition) is 0. The van der Waals surface area contributed by atoms with Crippen molar-refractivity contribution >= 4 is 12.4 Å². The molecule has 0 heterocycles. The predicted molar refractivity (Wildman–Crippen MR) is 62.3 cm³/mol. The molecule has 0 aliphatic rings. The minimum atomic E-state index is -5.09. The summed E-state index contributed by atoms with van der Waals surface area (Å²) in [5.41, 5.74) is -0.711. The van der Waals surface area contributed by atoms with Crippen LogP contribution >= 0.6 is 0 Å². The fraction of sp³-hybridized carbons (Fsp3) is 0.455. The molecule has 0 bridgehead atoms. The van der Waals surface area contributed by atoms with Crippen molar-refractivity contribution in [3.05, 3.63) is 23.8 Å². The summed E-state index contributed by atoms with van der Waals surface area (Å²) in [6, 6.07) is 3.21. The van der Waals surface area contributed by atoms with Gasteiger partial charge in [-0.2, -0.15) is 13.2 Å². The zero-order chi connectivity index (χ0) is 15.4. The van der Waals surface area contributed by atoms with Crippen LogP contribution in [-0.2, 0) is 4.74 Å². The first-order valence-corrected chi connectivity index (χ1v) is 5.67. The van der Waals surface area contributed by atoms with E-state index in [0.29, 0.717) is 0 Å². The second kappa shape index (κ2) is 8.78. The fourth-order valence-corrected chi connectivity index (χ4v) is 1.51. The molecular weight excluding hydrogens is 328 g/mol. The van der Waals surface area contributed by atoms with Crippen molar-refractivity contribution < 1.29 is 87.0 Å². The normalized spacial score (nSPS) is 12.0. The topological polar surface area (TPSA) is 18.5 Å². The van der Waals surface area contributed by atoms with Gasteiger partial charge in [0.1, 0.15) is 19.0 Å². The van der Waals surface area contributed by atoms with Gasteiger partial charge < -0.3 is 22.4 Å². The van der Waals surface area contributed by atoms with E-state index in [2.05, 4.69) is 4.74 Å². The first-order chi connectivity index (χ1) is 9.09. The monoisotopic (exact) mass is 340 g/mol.